The van der Waals surface area contributed by atoms with Gasteiger partial charge in [-0.1, -0.05) is 48.5 Å². The summed E-state index contributed by atoms with van der Waals surface area (Å²) in [5.74, 6) is -0.455. The fourth-order valence-corrected chi connectivity index (χ4v) is 3.26. The average molecular weight is 371 g/mol. The molecule has 0 saturated carbocycles. The molecule has 3 aromatic carbocycles. The van der Waals surface area contributed by atoms with Gasteiger partial charge in [-0.25, -0.2) is 4.79 Å². The zero-order valence-corrected chi connectivity index (χ0v) is 15.4. The highest BCUT2D eigenvalue weighted by atomic mass is 16.5. The lowest BCUT2D eigenvalue weighted by Gasteiger charge is -2.08. The summed E-state index contributed by atoms with van der Waals surface area (Å²) in [6.45, 7) is 0. The first-order valence-corrected chi connectivity index (χ1v) is 8.69. The van der Waals surface area contributed by atoms with Crippen LogP contribution >= 0.6 is 0 Å². The van der Waals surface area contributed by atoms with Crippen molar-refractivity contribution in [1.82, 2.24) is 15.0 Å². The van der Waals surface area contributed by atoms with E-state index in [1.165, 1.54) is 11.9 Å². The number of aromatic nitrogens is 3. The quantitative estimate of drug-likeness (QED) is 0.402. The molecule has 4 aromatic rings. The molecule has 0 atom stereocenters. The van der Waals surface area contributed by atoms with Crippen molar-refractivity contribution in [2.75, 3.05) is 7.11 Å². The number of fused-ring (bicyclic) bond motifs is 1. The third-order valence-corrected chi connectivity index (χ3v) is 4.61. The van der Waals surface area contributed by atoms with E-state index in [0.717, 1.165) is 28.5 Å². The van der Waals surface area contributed by atoms with Crippen LogP contribution in [0.15, 0.2) is 60.7 Å². The highest BCUT2D eigenvalue weighted by Crippen LogP contribution is 2.29. The van der Waals surface area contributed by atoms with Gasteiger partial charge in [-0.05, 0) is 34.4 Å². The molecule has 4 rings (SSSR count). The number of carbonyl (C=O) groups is 2. The molecule has 138 valence electrons. The van der Waals surface area contributed by atoms with Gasteiger partial charge in [0.1, 0.15) is 11.0 Å². The molecule has 1 aromatic heterocycles. The largest absolute Gasteiger partial charge is 0.465 e. The predicted octanol–water partition coefficient (Wildman–Crippen LogP) is 3.90. The van der Waals surface area contributed by atoms with Crippen molar-refractivity contribution in [1.29, 1.82) is 0 Å². The fraction of sp³-hybridized carbons (Fsp3) is 0.0909. The van der Waals surface area contributed by atoms with Crippen LogP contribution < -0.4 is 0 Å². The number of aryl methyl sites for hydroxylation is 1. The Bertz CT molecular complexity index is 1190. The van der Waals surface area contributed by atoms with Gasteiger partial charge in [-0.3, -0.25) is 4.79 Å². The van der Waals surface area contributed by atoms with Crippen molar-refractivity contribution < 1.29 is 14.3 Å². The van der Waals surface area contributed by atoms with Gasteiger partial charge in [0, 0.05) is 12.6 Å². The predicted molar refractivity (Wildman–Crippen MR) is 106 cm³/mol. The van der Waals surface area contributed by atoms with Crippen molar-refractivity contribution in [3.63, 3.8) is 0 Å². The Hall–Kier alpha value is -3.80. The molecule has 1 heterocycles. The maximum absolute atomic E-state index is 12.2. The van der Waals surface area contributed by atoms with Crippen LogP contribution in [0, 0.1) is 0 Å². The Labute approximate surface area is 161 Å². The number of ether oxygens (including phenoxy) is 1. The average Bonchev–Trinajstić information content (AvgIpc) is 3.12. The zero-order chi connectivity index (χ0) is 19.7. The molecule has 6 nitrogen and oxygen atoms in total. The molecule has 6 heteroatoms. The second-order valence-corrected chi connectivity index (χ2v) is 6.36. The van der Waals surface area contributed by atoms with Gasteiger partial charge >= 0.3 is 5.97 Å². The van der Waals surface area contributed by atoms with Gasteiger partial charge in [0.2, 0.25) is 0 Å². The maximum atomic E-state index is 12.2. The van der Waals surface area contributed by atoms with Crippen LogP contribution in [-0.2, 0) is 11.8 Å². The lowest BCUT2D eigenvalue weighted by atomic mass is 9.96. The first-order valence-electron chi connectivity index (χ1n) is 8.69. The minimum atomic E-state index is -0.455. The summed E-state index contributed by atoms with van der Waals surface area (Å²) in [7, 11) is 3.05. The number of aldehydes is 1. The van der Waals surface area contributed by atoms with E-state index in [4.69, 9.17) is 4.74 Å². The molecule has 0 saturated heterocycles. The Balaban J connectivity index is 1.80. The maximum Gasteiger partial charge on any atom is 0.340 e. The Morgan fingerprint density at radius 3 is 2.39 bits per heavy atom. The van der Waals surface area contributed by atoms with Crippen LogP contribution in [0.2, 0.25) is 0 Å². The van der Waals surface area contributed by atoms with E-state index < -0.39 is 5.97 Å². The van der Waals surface area contributed by atoms with E-state index in [9.17, 15) is 9.59 Å². The van der Waals surface area contributed by atoms with Gasteiger partial charge < -0.3 is 4.74 Å². The SMILES string of the molecule is COC(=O)c1cc(-c2ccc(-c3ccccc3C=O)cc2)cc2nn(C)nc12. The number of esters is 1. The normalized spacial score (nSPS) is 10.8. The molecule has 0 bridgehead atoms. The van der Waals surface area contributed by atoms with Crippen LogP contribution in [-0.4, -0.2) is 34.4 Å². The first-order chi connectivity index (χ1) is 13.6. The van der Waals surface area contributed by atoms with E-state index in [1.807, 2.05) is 48.5 Å². The Morgan fingerprint density at radius 1 is 0.964 bits per heavy atom. The van der Waals surface area contributed by atoms with E-state index in [0.29, 0.717) is 22.2 Å². The Morgan fingerprint density at radius 2 is 1.68 bits per heavy atom. The third kappa shape index (κ3) is 3.05. The molecule has 0 amide bonds. The van der Waals surface area contributed by atoms with Crippen LogP contribution in [0.1, 0.15) is 20.7 Å². The van der Waals surface area contributed by atoms with Crippen LogP contribution in [0.4, 0.5) is 0 Å². The third-order valence-electron chi connectivity index (χ3n) is 4.61. The number of hydrogen-bond donors (Lipinski definition) is 0. The molecule has 0 N–H and O–H groups in total. The molecule has 0 aliphatic heterocycles. The minimum Gasteiger partial charge on any atom is -0.465 e. The van der Waals surface area contributed by atoms with E-state index >= 15 is 0 Å². The highest BCUT2D eigenvalue weighted by Gasteiger charge is 2.17. The molecule has 0 radical (unpaired) electrons. The van der Waals surface area contributed by atoms with Crippen LogP contribution in [0.5, 0.6) is 0 Å². The molecule has 0 spiro atoms. The van der Waals surface area contributed by atoms with Crippen molar-refractivity contribution in [3.8, 4) is 22.3 Å². The van der Waals surface area contributed by atoms with Gasteiger partial charge in [-0.2, -0.15) is 15.0 Å². The lowest BCUT2D eigenvalue weighted by Crippen LogP contribution is -2.03. The van der Waals surface area contributed by atoms with Crippen molar-refractivity contribution >= 4 is 23.3 Å². The van der Waals surface area contributed by atoms with Gasteiger partial charge in [0.25, 0.3) is 0 Å². The number of methoxy groups -OCH3 is 1. The number of carbonyl (C=O) groups excluding carboxylic acids is 2. The summed E-state index contributed by atoms with van der Waals surface area (Å²) in [5.41, 5.74) is 5.73. The topological polar surface area (TPSA) is 74.1 Å². The molecule has 0 aliphatic rings. The molecular weight excluding hydrogens is 354 g/mol. The number of hydrogen-bond acceptors (Lipinski definition) is 5. The number of rotatable bonds is 4. The first kappa shape index (κ1) is 17.6. The monoisotopic (exact) mass is 371 g/mol. The summed E-state index contributed by atoms with van der Waals surface area (Å²) in [6.07, 6.45) is 0.855. The Kier molecular flexibility index (Phi) is 4.45. The molecule has 0 aliphatic carbocycles. The molecule has 28 heavy (non-hydrogen) atoms. The van der Waals surface area contributed by atoms with Crippen molar-refractivity contribution in [2.24, 2.45) is 7.05 Å². The number of benzene rings is 3. The molecule has 0 fully saturated rings. The fourth-order valence-electron chi connectivity index (χ4n) is 3.26. The summed E-state index contributed by atoms with van der Waals surface area (Å²) < 4.78 is 4.90. The zero-order valence-electron chi connectivity index (χ0n) is 15.4. The molecule has 0 unspecified atom stereocenters. The van der Waals surface area contributed by atoms with Crippen LogP contribution in [0.3, 0.4) is 0 Å². The standard InChI is InChI=1S/C22H17N3O3/c1-25-23-20-12-17(11-19(21(20)24-25)22(27)28-2)14-7-9-15(10-8-14)18-6-4-3-5-16(18)13-26/h3-13H,1-2H3. The van der Waals surface area contributed by atoms with E-state index in [-0.39, 0.29) is 0 Å². The minimum absolute atomic E-state index is 0.374. The summed E-state index contributed by atoms with van der Waals surface area (Å²) in [5, 5.41) is 8.58. The number of nitrogens with zero attached hydrogens (tertiary/aromatic N) is 3. The van der Waals surface area contributed by atoms with Crippen molar-refractivity contribution in [3.05, 3.63) is 71.8 Å². The summed E-state index contributed by atoms with van der Waals surface area (Å²) >= 11 is 0. The highest BCUT2D eigenvalue weighted by molar-refractivity contribution is 6.03. The van der Waals surface area contributed by atoms with E-state index in [1.54, 1.807) is 19.2 Å². The van der Waals surface area contributed by atoms with E-state index in [2.05, 4.69) is 10.2 Å². The van der Waals surface area contributed by atoms with Gasteiger partial charge in [-0.15, -0.1) is 0 Å². The van der Waals surface area contributed by atoms with Crippen LogP contribution in [0.25, 0.3) is 33.3 Å². The lowest BCUT2D eigenvalue weighted by molar-refractivity contribution is 0.0602. The smallest absolute Gasteiger partial charge is 0.340 e. The van der Waals surface area contributed by atoms with Gasteiger partial charge in [0.05, 0.1) is 12.7 Å². The van der Waals surface area contributed by atoms with Gasteiger partial charge in [0.15, 0.2) is 6.29 Å². The molecular formula is C22H17N3O3. The second-order valence-electron chi connectivity index (χ2n) is 6.36. The summed E-state index contributed by atoms with van der Waals surface area (Å²) in [4.78, 5) is 24.9. The van der Waals surface area contributed by atoms with Crippen molar-refractivity contribution in [2.45, 2.75) is 0 Å². The second kappa shape index (κ2) is 7.08. The summed E-state index contributed by atoms with van der Waals surface area (Å²) in [6, 6.07) is 18.9.